The van der Waals surface area contributed by atoms with Crippen molar-refractivity contribution in [3.8, 4) is 11.4 Å². The Balaban J connectivity index is 2.00. The van der Waals surface area contributed by atoms with Crippen LogP contribution in [0.5, 0.6) is 0 Å². The van der Waals surface area contributed by atoms with Crippen LogP contribution in [0, 0.1) is 0 Å². The van der Waals surface area contributed by atoms with E-state index in [1.807, 2.05) is 0 Å². The van der Waals surface area contributed by atoms with Crippen LogP contribution in [0.2, 0.25) is 0 Å². The van der Waals surface area contributed by atoms with Gasteiger partial charge in [-0.05, 0) is 31.5 Å². The molecule has 21 heavy (non-hydrogen) atoms. The van der Waals surface area contributed by atoms with Crippen molar-refractivity contribution in [3.05, 3.63) is 35.7 Å². The first-order valence-corrected chi connectivity index (χ1v) is 6.79. The van der Waals surface area contributed by atoms with Crippen LogP contribution in [0.4, 0.5) is 13.2 Å². The molecule has 4 nitrogen and oxygen atoms in total. The number of nitrogens with two attached hydrogens (primary N) is 1. The molecule has 1 aromatic heterocycles. The van der Waals surface area contributed by atoms with Crippen molar-refractivity contribution >= 4 is 0 Å². The fourth-order valence-corrected chi connectivity index (χ4v) is 1.96. The minimum absolute atomic E-state index is 0.414. The third-order valence-electron chi connectivity index (χ3n) is 3.12. The molecule has 3 N–H and O–H groups in total. The lowest BCUT2D eigenvalue weighted by molar-refractivity contribution is -0.137. The van der Waals surface area contributed by atoms with Gasteiger partial charge in [0.2, 0.25) is 0 Å². The number of H-pyrrole nitrogens is 1. The molecule has 7 heteroatoms. The van der Waals surface area contributed by atoms with E-state index in [2.05, 4.69) is 15.2 Å². The Morgan fingerprint density at radius 2 is 1.76 bits per heavy atom. The van der Waals surface area contributed by atoms with E-state index in [1.54, 1.807) is 0 Å². The molecule has 1 aromatic carbocycles. The van der Waals surface area contributed by atoms with Crippen LogP contribution in [-0.4, -0.2) is 21.7 Å². The Bertz CT molecular complexity index is 560. The molecule has 0 aliphatic heterocycles. The van der Waals surface area contributed by atoms with E-state index < -0.39 is 11.7 Å². The molecule has 0 atom stereocenters. The highest BCUT2D eigenvalue weighted by atomic mass is 19.4. The first kappa shape index (κ1) is 15.5. The molecule has 0 aliphatic carbocycles. The van der Waals surface area contributed by atoms with E-state index >= 15 is 0 Å². The van der Waals surface area contributed by atoms with Gasteiger partial charge < -0.3 is 5.73 Å². The second-order valence-electron chi connectivity index (χ2n) is 4.78. The third kappa shape index (κ3) is 4.29. The first-order chi connectivity index (χ1) is 10.0. The highest BCUT2D eigenvalue weighted by Crippen LogP contribution is 2.30. The predicted molar refractivity (Wildman–Crippen MR) is 73.4 cm³/mol. The number of aromatic amines is 1. The van der Waals surface area contributed by atoms with Crippen LogP contribution in [0.1, 0.15) is 30.7 Å². The number of hydrogen-bond donors (Lipinski definition) is 2. The topological polar surface area (TPSA) is 67.6 Å². The average molecular weight is 298 g/mol. The number of aromatic nitrogens is 3. The van der Waals surface area contributed by atoms with Gasteiger partial charge in [-0.1, -0.05) is 18.6 Å². The quantitative estimate of drug-likeness (QED) is 0.805. The number of hydrogen-bond acceptors (Lipinski definition) is 3. The van der Waals surface area contributed by atoms with E-state index in [1.165, 1.54) is 12.1 Å². The molecule has 0 amide bonds. The minimum Gasteiger partial charge on any atom is -0.330 e. The molecule has 0 aliphatic rings. The zero-order chi connectivity index (χ0) is 15.3. The Labute approximate surface area is 120 Å². The fourth-order valence-electron chi connectivity index (χ4n) is 1.96. The normalized spacial score (nSPS) is 11.8. The van der Waals surface area contributed by atoms with Crippen LogP contribution in [-0.2, 0) is 12.6 Å². The van der Waals surface area contributed by atoms with Crippen molar-refractivity contribution in [2.24, 2.45) is 5.73 Å². The summed E-state index contributed by atoms with van der Waals surface area (Å²) in [4.78, 5) is 4.29. The number of nitrogens with zero attached hydrogens (tertiary/aromatic N) is 2. The smallest absolute Gasteiger partial charge is 0.330 e. The maximum atomic E-state index is 12.5. The van der Waals surface area contributed by atoms with E-state index in [0.717, 1.165) is 43.6 Å². The van der Waals surface area contributed by atoms with Crippen molar-refractivity contribution < 1.29 is 13.2 Å². The van der Waals surface area contributed by atoms with Crippen molar-refractivity contribution in [1.82, 2.24) is 15.2 Å². The molecule has 0 fully saturated rings. The minimum atomic E-state index is -4.33. The Hall–Kier alpha value is -1.89. The van der Waals surface area contributed by atoms with Gasteiger partial charge in [0.15, 0.2) is 5.82 Å². The molecular formula is C14H17F3N4. The molecular weight excluding hydrogens is 281 g/mol. The summed E-state index contributed by atoms with van der Waals surface area (Å²) in [5, 5.41) is 6.85. The fraction of sp³-hybridized carbons (Fsp3) is 0.429. The molecule has 0 saturated carbocycles. The summed E-state index contributed by atoms with van der Waals surface area (Å²) in [5.74, 6) is 1.15. The monoisotopic (exact) mass is 298 g/mol. The second kappa shape index (κ2) is 6.71. The van der Waals surface area contributed by atoms with E-state index in [4.69, 9.17) is 5.73 Å². The summed E-state index contributed by atoms with van der Waals surface area (Å²) < 4.78 is 37.4. The number of nitrogens with one attached hydrogen (secondary N) is 1. The van der Waals surface area contributed by atoms with Gasteiger partial charge >= 0.3 is 6.18 Å². The van der Waals surface area contributed by atoms with Gasteiger partial charge in [-0.2, -0.15) is 18.3 Å². The number of halogens is 3. The maximum Gasteiger partial charge on any atom is 0.416 e. The summed E-state index contributed by atoms with van der Waals surface area (Å²) in [6.45, 7) is 0.674. The highest BCUT2D eigenvalue weighted by Gasteiger charge is 2.30. The Kier molecular flexibility index (Phi) is 4.95. The van der Waals surface area contributed by atoms with E-state index in [9.17, 15) is 13.2 Å². The van der Waals surface area contributed by atoms with Gasteiger partial charge in [-0.3, -0.25) is 5.10 Å². The van der Waals surface area contributed by atoms with Crippen LogP contribution >= 0.6 is 0 Å². The summed E-state index contributed by atoms with van der Waals surface area (Å²) in [6, 6.07) is 4.83. The lowest BCUT2D eigenvalue weighted by Gasteiger charge is -2.06. The van der Waals surface area contributed by atoms with Crippen LogP contribution in [0.3, 0.4) is 0 Å². The van der Waals surface area contributed by atoms with Crippen LogP contribution in [0.25, 0.3) is 11.4 Å². The van der Waals surface area contributed by atoms with Gasteiger partial charge in [-0.15, -0.1) is 0 Å². The van der Waals surface area contributed by atoms with Crippen molar-refractivity contribution in [1.29, 1.82) is 0 Å². The third-order valence-corrected chi connectivity index (χ3v) is 3.12. The highest BCUT2D eigenvalue weighted by molar-refractivity contribution is 5.55. The van der Waals surface area contributed by atoms with Gasteiger partial charge in [0.25, 0.3) is 0 Å². The van der Waals surface area contributed by atoms with Gasteiger partial charge in [0.1, 0.15) is 5.82 Å². The molecule has 1 heterocycles. The van der Waals surface area contributed by atoms with Gasteiger partial charge in [0, 0.05) is 12.0 Å². The summed E-state index contributed by atoms with van der Waals surface area (Å²) in [5.41, 5.74) is 5.30. The van der Waals surface area contributed by atoms with Crippen LogP contribution < -0.4 is 5.73 Å². The molecule has 2 aromatic rings. The number of unbranched alkanes of at least 4 members (excludes halogenated alkanes) is 2. The lowest BCUT2D eigenvalue weighted by atomic mass is 10.1. The summed E-state index contributed by atoms with van der Waals surface area (Å²) in [6.07, 6.45) is -0.620. The van der Waals surface area contributed by atoms with Gasteiger partial charge in [-0.25, -0.2) is 4.98 Å². The Morgan fingerprint density at radius 3 is 2.38 bits per heavy atom. The maximum absolute atomic E-state index is 12.5. The molecule has 114 valence electrons. The zero-order valence-corrected chi connectivity index (χ0v) is 11.5. The van der Waals surface area contributed by atoms with Crippen molar-refractivity contribution in [2.45, 2.75) is 31.9 Å². The average Bonchev–Trinajstić information content (AvgIpc) is 2.92. The van der Waals surface area contributed by atoms with Crippen LogP contribution in [0.15, 0.2) is 24.3 Å². The van der Waals surface area contributed by atoms with E-state index in [-0.39, 0.29) is 0 Å². The number of benzene rings is 1. The lowest BCUT2D eigenvalue weighted by Crippen LogP contribution is -2.04. The number of alkyl halides is 3. The molecule has 0 unspecified atom stereocenters. The van der Waals surface area contributed by atoms with Crippen molar-refractivity contribution in [3.63, 3.8) is 0 Å². The molecule has 0 bridgehead atoms. The predicted octanol–water partition coefficient (Wildman–Crippen LogP) is 3.16. The van der Waals surface area contributed by atoms with E-state index in [0.29, 0.717) is 17.9 Å². The largest absolute Gasteiger partial charge is 0.416 e. The standard InChI is InChI=1S/C14H17F3N4/c15-14(16,17)11-7-5-10(6-8-11)13-19-12(20-21-13)4-2-1-3-9-18/h5-8H,1-4,9,18H2,(H,19,20,21). The zero-order valence-electron chi connectivity index (χ0n) is 11.5. The SMILES string of the molecule is NCCCCCc1nc(-c2ccc(C(F)(F)F)cc2)n[nH]1. The second-order valence-corrected chi connectivity index (χ2v) is 4.78. The molecule has 0 saturated heterocycles. The summed E-state index contributed by atoms with van der Waals surface area (Å²) in [7, 11) is 0. The first-order valence-electron chi connectivity index (χ1n) is 6.79. The summed E-state index contributed by atoms with van der Waals surface area (Å²) >= 11 is 0. The molecule has 2 rings (SSSR count). The Morgan fingerprint density at radius 1 is 1.05 bits per heavy atom. The molecule has 0 spiro atoms. The van der Waals surface area contributed by atoms with Gasteiger partial charge in [0.05, 0.1) is 5.56 Å². The van der Waals surface area contributed by atoms with Crippen molar-refractivity contribution in [2.75, 3.05) is 6.54 Å². The number of rotatable bonds is 6. The molecule has 0 radical (unpaired) electrons. The number of aryl methyl sites for hydroxylation is 1.